The molecule has 0 spiro atoms. The summed E-state index contributed by atoms with van der Waals surface area (Å²) < 4.78 is 0.754. The van der Waals surface area contributed by atoms with Crippen LogP contribution in [-0.4, -0.2) is 16.5 Å². The Morgan fingerprint density at radius 1 is 1.40 bits per heavy atom. The van der Waals surface area contributed by atoms with Crippen LogP contribution in [0.4, 0.5) is 5.82 Å². The fourth-order valence-corrected chi connectivity index (χ4v) is 2.41. The number of rotatable bonds is 3. The number of anilines is 1. The molecule has 0 atom stereocenters. The van der Waals surface area contributed by atoms with Crippen LogP contribution in [0, 0.1) is 5.92 Å². The van der Waals surface area contributed by atoms with E-state index in [1.165, 1.54) is 32.0 Å². The first-order valence-corrected chi connectivity index (χ1v) is 6.34. The van der Waals surface area contributed by atoms with E-state index in [-0.39, 0.29) is 0 Å². The highest BCUT2D eigenvalue weighted by Gasteiger charge is 2.15. The summed E-state index contributed by atoms with van der Waals surface area (Å²) in [6, 6.07) is 0. The maximum Gasteiger partial charge on any atom is 0.148 e. The summed E-state index contributed by atoms with van der Waals surface area (Å²) in [5, 5.41) is 3.77. The summed E-state index contributed by atoms with van der Waals surface area (Å²) in [6.45, 7) is 0.978. The van der Waals surface area contributed by atoms with E-state index in [4.69, 9.17) is 11.6 Å². The highest BCUT2D eigenvalue weighted by molar-refractivity contribution is 9.10. The standard InChI is InChI=1S/C10H13BrClN3/c11-8-9(12)14-6-15-10(8)13-5-7-3-1-2-4-7/h6-7H,1-5H2,(H,13,14,15). The fraction of sp³-hybridized carbons (Fsp3) is 0.600. The molecule has 1 aromatic heterocycles. The van der Waals surface area contributed by atoms with Gasteiger partial charge in [-0.25, -0.2) is 9.97 Å². The number of nitrogens with zero attached hydrogens (tertiary/aromatic N) is 2. The third kappa shape index (κ3) is 2.82. The van der Waals surface area contributed by atoms with E-state index in [1.807, 2.05) is 0 Å². The van der Waals surface area contributed by atoms with E-state index < -0.39 is 0 Å². The average molecular weight is 291 g/mol. The third-order valence-electron chi connectivity index (χ3n) is 2.78. The molecule has 0 aliphatic heterocycles. The van der Waals surface area contributed by atoms with Gasteiger partial charge in [0.25, 0.3) is 0 Å². The summed E-state index contributed by atoms with van der Waals surface area (Å²) in [6.07, 6.45) is 6.84. The molecule has 3 nitrogen and oxygen atoms in total. The maximum absolute atomic E-state index is 5.87. The lowest BCUT2D eigenvalue weighted by atomic mass is 10.1. The third-order valence-corrected chi connectivity index (χ3v) is 4.05. The van der Waals surface area contributed by atoms with Gasteiger partial charge >= 0.3 is 0 Å². The summed E-state index contributed by atoms with van der Waals surface area (Å²) in [5.74, 6) is 1.58. The number of aromatic nitrogens is 2. The van der Waals surface area contributed by atoms with Crippen LogP contribution < -0.4 is 5.32 Å². The van der Waals surface area contributed by atoms with E-state index in [2.05, 4.69) is 31.2 Å². The molecule has 5 heteroatoms. The quantitative estimate of drug-likeness (QED) is 0.866. The fourth-order valence-electron chi connectivity index (χ4n) is 1.93. The van der Waals surface area contributed by atoms with Gasteiger partial charge in [-0.2, -0.15) is 0 Å². The van der Waals surface area contributed by atoms with E-state index in [0.29, 0.717) is 5.15 Å². The van der Waals surface area contributed by atoms with Crippen molar-refractivity contribution < 1.29 is 0 Å². The second kappa shape index (κ2) is 5.12. The van der Waals surface area contributed by atoms with Gasteiger partial charge in [0.1, 0.15) is 17.3 Å². The highest BCUT2D eigenvalue weighted by atomic mass is 79.9. The number of halogens is 2. The predicted molar refractivity (Wildman–Crippen MR) is 65.2 cm³/mol. The smallest absolute Gasteiger partial charge is 0.148 e. The zero-order valence-corrected chi connectivity index (χ0v) is 10.7. The minimum atomic E-state index is 0.457. The van der Waals surface area contributed by atoms with E-state index in [0.717, 1.165) is 22.8 Å². The lowest BCUT2D eigenvalue weighted by Gasteiger charge is -2.12. The number of hydrogen-bond donors (Lipinski definition) is 1. The average Bonchev–Trinajstić information content (AvgIpc) is 2.73. The Labute approximate surface area is 103 Å². The Bertz CT molecular complexity index is 339. The second-order valence-electron chi connectivity index (χ2n) is 3.86. The monoisotopic (exact) mass is 289 g/mol. The van der Waals surface area contributed by atoms with Crippen molar-refractivity contribution >= 4 is 33.3 Å². The first kappa shape index (κ1) is 11.1. The Morgan fingerprint density at radius 2 is 2.13 bits per heavy atom. The van der Waals surface area contributed by atoms with Crippen LogP contribution in [0.5, 0.6) is 0 Å². The summed E-state index contributed by atoms with van der Waals surface area (Å²) >= 11 is 9.24. The number of nitrogens with one attached hydrogen (secondary N) is 1. The number of hydrogen-bond acceptors (Lipinski definition) is 3. The van der Waals surface area contributed by atoms with Gasteiger partial charge < -0.3 is 5.32 Å². The zero-order valence-electron chi connectivity index (χ0n) is 8.34. The summed E-state index contributed by atoms with van der Waals surface area (Å²) in [5.41, 5.74) is 0. The maximum atomic E-state index is 5.87. The van der Waals surface area contributed by atoms with E-state index in [1.54, 1.807) is 0 Å². The molecule has 0 radical (unpaired) electrons. The van der Waals surface area contributed by atoms with Gasteiger partial charge in [-0.15, -0.1) is 0 Å². The molecule has 0 aromatic carbocycles. The largest absolute Gasteiger partial charge is 0.369 e. The zero-order chi connectivity index (χ0) is 10.7. The van der Waals surface area contributed by atoms with Crippen LogP contribution in [-0.2, 0) is 0 Å². The van der Waals surface area contributed by atoms with Gasteiger partial charge in [-0.05, 0) is 34.7 Å². The molecule has 0 saturated heterocycles. The van der Waals surface area contributed by atoms with Crippen molar-refractivity contribution in [2.75, 3.05) is 11.9 Å². The Hall–Kier alpha value is -0.350. The van der Waals surface area contributed by atoms with Crippen LogP contribution in [0.1, 0.15) is 25.7 Å². The molecule has 1 saturated carbocycles. The van der Waals surface area contributed by atoms with Crippen molar-refractivity contribution in [3.8, 4) is 0 Å². The minimum Gasteiger partial charge on any atom is -0.369 e. The molecule has 1 fully saturated rings. The normalized spacial score (nSPS) is 16.9. The van der Waals surface area contributed by atoms with Gasteiger partial charge in [0, 0.05) is 6.54 Å². The van der Waals surface area contributed by atoms with Crippen LogP contribution in [0.25, 0.3) is 0 Å². The first-order valence-electron chi connectivity index (χ1n) is 5.17. The lowest BCUT2D eigenvalue weighted by Crippen LogP contribution is -2.12. The van der Waals surface area contributed by atoms with E-state index >= 15 is 0 Å². The molecule has 0 unspecified atom stereocenters. The molecule has 1 heterocycles. The molecule has 0 amide bonds. The SMILES string of the molecule is Clc1ncnc(NCC2CCCC2)c1Br. The molecular formula is C10H13BrClN3. The highest BCUT2D eigenvalue weighted by Crippen LogP contribution is 2.28. The summed E-state index contributed by atoms with van der Waals surface area (Å²) in [7, 11) is 0. The molecular weight excluding hydrogens is 277 g/mol. The van der Waals surface area contributed by atoms with Crippen LogP contribution in [0.3, 0.4) is 0 Å². The van der Waals surface area contributed by atoms with Crippen molar-refractivity contribution in [1.29, 1.82) is 0 Å². The van der Waals surface area contributed by atoms with Gasteiger partial charge in [0.2, 0.25) is 0 Å². The lowest BCUT2D eigenvalue weighted by molar-refractivity contribution is 0.578. The van der Waals surface area contributed by atoms with Crippen LogP contribution in [0.2, 0.25) is 5.15 Å². The van der Waals surface area contributed by atoms with E-state index in [9.17, 15) is 0 Å². The molecule has 15 heavy (non-hydrogen) atoms. The summed E-state index contributed by atoms with van der Waals surface area (Å²) in [4.78, 5) is 8.03. The first-order chi connectivity index (χ1) is 7.27. The molecule has 1 aliphatic rings. The molecule has 0 bridgehead atoms. The van der Waals surface area contributed by atoms with Gasteiger partial charge in [-0.1, -0.05) is 24.4 Å². The second-order valence-corrected chi connectivity index (χ2v) is 5.01. The Balaban J connectivity index is 1.95. The van der Waals surface area contributed by atoms with Crippen molar-refractivity contribution in [3.63, 3.8) is 0 Å². The van der Waals surface area contributed by atoms with Gasteiger partial charge in [0.05, 0.1) is 4.47 Å². The van der Waals surface area contributed by atoms with Crippen LogP contribution in [0.15, 0.2) is 10.8 Å². The molecule has 1 aliphatic carbocycles. The molecule has 2 rings (SSSR count). The van der Waals surface area contributed by atoms with Crippen molar-refractivity contribution in [2.24, 2.45) is 5.92 Å². The van der Waals surface area contributed by atoms with Crippen molar-refractivity contribution in [3.05, 3.63) is 16.0 Å². The Kier molecular flexibility index (Phi) is 3.81. The van der Waals surface area contributed by atoms with Gasteiger partial charge in [-0.3, -0.25) is 0 Å². The molecule has 1 aromatic rings. The molecule has 82 valence electrons. The Morgan fingerprint density at radius 3 is 2.87 bits per heavy atom. The van der Waals surface area contributed by atoms with Crippen LogP contribution >= 0.6 is 27.5 Å². The minimum absolute atomic E-state index is 0.457. The van der Waals surface area contributed by atoms with Crippen molar-refractivity contribution in [2.45, 2.75) is 25.7 Å². The van der Waals surface area contributed by atoms with Gasteiger partial charge in [0.15, 0.2) is 0 Å². The molecule has 1 N–H and O–H groups in total. The van der Waals surface area contributed by atoms with Crippen molar-refractivity contribution in [1.82, 2.24) is 9.97 Å². The topological polar surface area (TPSA) is 37.8 Å². The predicted octanol–water partition coefficient (Wildman–Crippen LogP) is 3.49.